The van der Waals surface area contributed by atoms with Gasteiger partial charge in [-0.15, -0.1) is 0 Å². The molecule has 1 saturated heterocycles. The van der Waals surface area contributed by atoms with Crippen molar-refractivity contribution in [1.82, 2.24) is 4.90 Å². The summed E-state index contributed by atoms with van der Waals surface area (Å²) in [6.07, 6.45) is 1.45. The number of benzene rings is 3. The van der Waals surface area contributed by atoms with Crippen LogP contribution in [0.1, 0.15) is 11.1 Å². The summed E-state index contributed by atoms with van der Waals surface area (Å²) < 4.78 is 50.7. The monoisotopic (exact) mass is 693 g/mol. The molecule has 1 fully saturated rings. The Labute approximate surface area is 239 Å². The van der Waals surface area contributed by atoms with Crippen LogP contribution in [-0.2, 0) is 21.5 Å². The number of carbonyl (C=O) groups is 2. The fourth-order valence-electron chi connectivity index (χ4n) is 3.29. The molecule has 37 heavy (non-hydrogen) atoms. The molecule has 1 aliphatic rings. The van der Waals surface area contributed by atoms with Gasteiger partial charge in [0.25, 0.3) is 11.1 Å². The molecule has 0 unspecified atom stereocenters. The lowest BCUT2D eigenvalue weighted by atomic mass is 10.1. The van der Waals surface area contributed by atoms with E-state index in [1.165, 1.54) is 61.7 Å². The van der Waals surface area contributed by atoms with Crippen molar-refractivity contribution < 1.29 is 31.3 Å². The van der Waals surface area contributed by atoms with Crippen LogP contribution in [0.2, 0.25) is 10.0 Å². The number of hydrogen-bond donors (Lipinski definition) is 0. The standard InChI is InChI=1S/C24H15Cl2FINO6S2/c1-34-20-10-13(9-19(28)22(20)35-37(32,33)15-7-5-14(25)6-8-15)11-21-23(30)29(24(31)36-21)12-16-17(26)3-2-4-18(16)27/h2-11H,12H2,1H3/b21-11-. The average Bonchev–Trinajstić information content (AvgIpc) is 3.10. The van der Waals surface area contributed by atoms with Crippen molar-refractivity contribution >= 4 is 84.9 Å². The zero-order chi connectivity index (χ0) is 26.9. The summed E-state index contributed by atoms with van der Waals surface area (Å²) in [5, 5.41) is -0.102. The van der Waals surface area contributed by atoms with Gasteiger partial charge in [0.05, 0.1) is 22.1 Å². The van der Waals surface area contributed by atoms with Gasteiger partial charge >= 0.3 is 10.1 Å². The largest absolute Gasteiger partial charge is 0.493 e. The van der Waals surface area contributed by atoms with E-state index in [9.17, 15) is 22.4 Å². The number of amides is 2. The smallest absolute Gasteiger partial charge is 0.339 e. The van der Waals surface area contributed by atoms with E-state index in [2.05, 4.69) is 0 Å². The molecule has 0 saturated carbocycles. The molecule has 0 atom stereocenters. The van der Waals surface area contributed by atoms with Crippen LogP contribution in [0.5, 0.6) is 11.5 Å². The first-order valence-corrected chi connectivity index (χ1v) is 14.3. The van der Waals surface area contributed by atoms with Crippen LogP contribution in [-0.4, -0.2) is 31.6 Å². The normalized spacial score (nSPS) is 14.9. The predicted molar refractivity (Wildman–Crippen MR) is 148 cm³/mol. The van der Waals surface area contributed by atoms with Crippen LogP contribution < -0.4 is 8.92 Å². The molecule has 4 rings (SSSR count). The minimum Gasteiger partial charge on any atom is -0.493 e. The van der Waals surface area contributed by atoms with Crippen molar-refractivity contribution in [2.24, 2.45) is 0 Å². The van der Waals surface area contributed by atoms with Crippen LogP contribution >= 0.6 is 57.6 Å². The minimum atomic E-state index is -4.19. The zero-order valence-electron chi connectivity index (χ0n) is 18.7. The van der Waals surface area contributed by atoms with Crippen LogP contribution in [0.4, 0.5) is 9.18 Å². The Morgan fingerprint density at radius 3 is 2.46 bits per heavy atom. The highest BCUT2D eigenvalue weighted by Gasteiger charge is 2.36. The van der Waals surface area contributed by atoms with Gasteiger partial charge in [0.1, 0.15) is 10.7 Å². The lowest BCUT2D eigenvalue weighted by Crippen LogP contribution is -2.28. The third kappa shape index (κ3) is 6.06. The number of rotatable bonds is 7. The third-order valence-corrected chi connectivity index (χ3v) is 8.65. The molecule has 7 nitrogen and oxygen atoms in total. The number of thioether (sulfide) groups is 1. The fourth-order valence-corrected chi connectivity index (χ4v) is 6.32. The highest BCUT2D eigenvalue weighted by Crippen LogP contribution is 2.39. The Kier molecular flexibility index (Phi) is 8.38. The van der Waals surface area contributed by atoms with Crippen molar-refractivity contribution in [2.75, 3.05) is 7.11 Å². The second kappa shape index (κ2) is 11.2. The summed E-state index contributed by atoms with van der Waals surface area (Å²) in [6, 6.07) is 12.6. The van der Waals surface area contributed by atoms with Crippen molar-refractivity contribution in [2.45, 2.75) is 11.4 Å². The Balaban J connectivity index is 1.61. The summed E-state index contributed by atoms with van der Waals surface area (Å²) in [5.41, 5.74) is 0.485. The van der Waals surface area contributed by atoms with Gasteiger partial charge in [-0.1, -0.05) is 29.3 Å². The summed E-state index contributed by atoms with van der Waals surface area (Å²) in [7, 11) is -2.85. The fraction of sp³-hybridized carbons (Fsp3) is 0.0833. The van der Waals surface area contributed by atoms with E-state index in [0.717, 1.165) is 4.90 Å². The molecule has 13 heteroatoms. The number of hydrogen-bond acceptors (Lipinski definition) is 7. The molecule has 0 spiro atoms. The van der Waals surface area contributed by atoms with Crippen LogP contribution in [0, 0.1) is 9.39 Å². The quantitative estimate of drug-likeness (QED) is 0.154. The first kappa shape index (κ1) is 27.7. The van der Waals surface area contributed by atoms with Crippen molar-refractivity contribution in [3.8, 4) is 11.5 Å². The van der Waals surface area contributed by atoms with Crippen molar-refractivity contribution in [3.63, 3.8) is 0 Å². The van der Waals surface area contributed by atoms with E-state index in [4.69, 9.17) is 32.1 Å². The maximum Gasteiger partial charge on any atom is 0.339 e. The number of nitrogens with zero attached hydrogens (tertiary/aromatic N) is 1. The second-order valence-electron chi connectivity index (χ2n) is 7.49. The van der Waals surface area contributed by atoms with Crippen molar-refractivity contribution in [1.29, 1.82) is 0 Å². The highest BCUT2D eigenvalue weighted by atomic mass is 127. The van der Waals surface area contributed by atoms with Gasteiger partial charge in [0.15, 0.2) is 11.5 Å². The van der Waals surface area contributed by atoms with E-state index in [0.29, 0.717) is 25.9 Å². The molecule has 0 N–H and O–H groups in total. The first-order valence-electron chi connectivity index (χ1n) is 10.3. The lowest BCUT2D eigenvalue weighted by molar-refractivity contribution is -0.123. The van der Waals surface area contributed by atoms with E-state index < -0.39 is 27.1 Å². The summed E-state index contributed by atoms with van der Waals surface area (Å²) in [5.74, 6) is -1.20. The third-order valence-electron chi connectivity index (χ3n) is 5.10. The van der Waals surface area contributed by atoms with Gasteiger partial charge in [0, 0.05) is 15.6 Å². The summed E-state index contributed by atoms with van der Waals surface area (Å²) in [6.45, 7) is -0.316. The predicted octanol–water partition coefficient (Wildman–Crippen LogP) is 6.75. The van der Waals surface area contributed by atoms with Crippen LogP contribution in [0.15, 0.2) is 64.4 Å². The van der Waals surface area contributed by atoms with Gasteiger partial charge in [-0.05, 0) is 94.5 Å². The molecular weight excluding hydrogens is 679 g/mol. The molecular formula is C24H15Cl2FINO6S2. The minimum absolute atomic E-state index is 0.0346. The van der Waals surface area contributed by atoms with Gasteiger partial charge in [0.2, 0.25) is 0 Å². The summed E-state index contributed by atoms with van der Waals surface area (Å²) in [4.78, 5) is 26.3. The molecule has 192 valence electrons. The topological polar surface area (TPSA) is 90.0 Å². The highest BCUT2D eigenvalue weighted by molar-refractivity contribution is 14.1. The first-order chi connectivity index (χ1) is 17.5. The molecule has 3 aromatic rings. The molecule has 0 aliphatic carbocycles. The number of imide groups is 1. The zero-order valence-corrected chi connectivity index (χ0v) is 24.0. The Hall–Kier alpha value is -2.32. The SMILES string of the molecule is COc1cc(/C=C2\SC(=O)N(Cc3c(F)cccc3Cl)C2=O)cc(I)c1OS(=O)(=O)c1ccc(Cl)cc1. The molecule has 3 aromatic carbocycles. The van der Waals surface area contributed by atoms with E-state index in [-0.39, 0.29) is 38.4 Å². The maximum absolute atomic E-state index is 14.2. The molecule has 0 bridgehead atoms. The Bertz CT molecular complexity index is 1530. The molecule has 1 heterocycles. The van der Waals surface area contributed by atoms with E-state index in [1.807, 2.05) is 22.6 Å². The average molecular weight is 694 g/mol. The van der Waals surface area contributed by atoms with Crippen LogP contribution in [0.25, 0.3) is 6.08 Å². The van der Waals surface area contributed by atoms with Gasteiger partial charge in [-0.25, -0.2) is 4.39 Å². The number of ether oxygens (including phenoxy) is 1. The molecule has 0 aromatic heterocycles. The molecule has 1 aliphatic heterocycles. The maximum atomic E-state index is 14.2. The number of carbonyl (C=O) groups excluding carboxylic acids is 2. The molecule has 0 radical (unpaired) electrons. The molecule has 2 amide bonds. The van der Waals surface area contributed by atoms with Crippen molar-refractivity contribution in [3.05, 3.63) is 90.1 Å². The van der Waals surface area contributed by atoms with E-state index in [1.54, 1.807) is 6.07 Å². The van der Waals surface area contributed by atoms with Gasteiger partial charge < -0.3 is 8.92 Å². The number of methoxy groups -OCH3 is 1. The number of halogens is 4. The summed E-state index contributed by atoms with van der Waals surface area (Å²) >= 11 is 14.4. The second-order valence-corrected chi connectivity index (χ2v) is 12.0. The van der Waals surface area contributed by atoms with E-state index >= 15 is 0 Å². The van der Waals surface area contributed by atoms with Gasteiger partial charge in [-0.2, -0.15) is 8.42 Å². The van der Waals surface area contributed by atoms with Crippen LogP contribution in [0.3, 0.4) is 0 Å². The Morgan fingerprint density at radius 1 is 1.11 bits per heavy atom. The lowest BCUT2D eigenvalue weighted by Gasteiger charge is -2.14. The Morgan fingerprint density at radius 2 is 1.81 bits per heavy atom. The van der Waals surface area contributed by atoms with Gasteiger partial charge in [-0.3, -0.25) is 14.5 Å².